The highest BCUT2D eigenvalue weighted by Gasteiger charge is 2.23. The first-order valence-corrected chi connectivity index (χ1v) is 10.6. The number of likely N-dealkylation sites (tertiary alicyclic amines) is 1. The van der Waals surface area contributed by atoms with Crippen LogP contribution in [0.1, 0.15) is 41.3 Å². The minimum absolute atomic E-state index is 0.0154. The standard InChI is InChI=1S/C24H27N3O2S/c1-17-7-9-19(10-8-17)11-12-22(28)26-24(30)25-21-6-4-3-5-20(21)23(29)27-15-13-18(2)14-16-27/h3-12,18H,13-16H2,1-2H3,(H2,25,26,28,30)/b12-11+. The van der Waals surface area contributed by atoms with Gasteiger partial charge in [-0.15, -0.1) is 0 Å². The van der Waals surface area contributed by atoms with Crippen LogP contribution < -0.4 is 10.6 Å². The van der Waals surface area contributed by atoms with Gasteiger partial charge in [0.1, 0.15) is 0 Å². The molecule has 0 saturated carbocycles. The molecule has 0 bridgehead atoms. The Labute approximate surface area is 183 Å². The van der Waals surface area contributed by atoms with Gasteiger partial charge in [-0.1, -0.05) is 48.9 Å². The molecular formula is C24H27N3O2S. The van der Waals surface area contributed by atoms with Gasteiger partial charge in [0.25, 0.3) is 5.91 Å². The lowest BCUT2D eigenvalue weighted by atomic mass is 9.98. The average Bonchev–Trinajstić information content (AvgIpc) is 2.74. The Kier molecular flexibility index (Phi) is 7.36. The molecule has 1 saturated heterocycles. The number of amides is 2. The van der Waals surface area contributed by atoms with Crippen LogP contribution in [0.2, 0.25) is 0 Å². The molecule has 0 aromatic heterocycles. The predicted molar refractivity (Wildman–Crippen MR) is 125 cm³/mol. The molecule has 3 rings (SSSR count). The number of hydrogen-bond acceptors (Lipinski definition) is 3. The highest BCUT2D eigenvalue weighted by Crippen LogP contribution is 2.22. The molecule has 0 atom stereocenters. The quantitative estimate of drug-likeness (QED) is 0.568. The number of nitrogens with zero attached hydrogens (tertiary/aromatic N) is 1. The first kappa shape index (κ1) is 21.7. The van der Waals surface area contributed by atoms with Crippen LogP contribution in [0.5, 0.6) is 0 Å². The third-order valence-corrected chi connectivity index (χ3v) is 5.42. The van der Waals surface area contributed by atoms with Crippen molar-refractivity contribution in [1.82, 2.24) is 10.2 Å². The largest absolute Gasteiger partial charge is 0.339 e. The Morgan fingerprint density at radius 1 is 1.07 bits per heavy atom. The average molecular weight is 422 g/mol. The van der Waals surface area contributed by atoms with E-state index in [9.17, 15) is 9.59 Å². The number of piperidine rings is 1. The van der Waals surface area contributed by atoms with Crippen molar-refractivity contribution in [3.8, 4) is 0 Å². The van der Waals surface area contributed by atoms with Crippen molar-refractivity contribution in [3.05, 3.63) is 71.3 Å². The van der Waals surface area contributed by atoms with Crippen molar-refractivity contribution in [3.63, 3.8) is 0 Å². The van der Waals surface area contributed by atoms with Gasteiger partial charge in [0, 0.05) is 19.2 Å². The van der Waals surface area contributed by atoms with Gasteiger partial charge in [-0.3, -0.25) is 14.9 Å². The second-order valence-electron chi connectivity index (χ2n) is 7.71. The SMILES string of the molecule is Cc1ccc(/C=C/C(=O)NC(=S)Nc2ccccc2C(=O)N2CCC(C)CC2)cc1. The normalized spacial score (nSPS) is 14.5. The number of benzene rings is 2. The maximum Gasteiger partial charge on any atom is 0.255 e. The number of carbonyl (C=O) groups excluding carboxylic acids is 2. The zero-order valence-electron chi connectivity index (χ0n) is 17.4. The number of carbonyl (C=O) groups is 2. The number of thiocarbonyl (C=S) groups is 1. The van der Waals surface area contributed by atoms with Gasteiger partial charge in [-0.05, 0) is 61.7 Å². The van der Waals surface area contributed by atoms with Crippen molar-refractivity contribution in [1.29, 1.82) is 0 Å². The van der Waals surface area contributed by atoms with Crippen molar-refractivity contribution in [2.24, 2.45) is 5.92 Å². The summed E-state index contributed by atoms with van der Waals surface area (Å²) in [4.78, 5) is 27.0. The van der Waals surface area contributed by atoms with Crippen LogP contribution in [0, 0.1) is 12.8 Å². The lowest BCUT2D eigenvalue weighted by molar-refractivity contribution is -0.115. The third-order valence-electron chi connectivity index (χ3n) is 5.22. The molecule has 30 heavy (non-hydrogen) atoms. The fourth-order valence-corrected chi connectivity index (χ4v) is 3.53. The van der Waals surface area contributed by atoms with Gasteiger partial charge >= 0.3 is 0 Å². The molecule has 156 valence electrons. The molecule has 0 aliphatic carbocycles. The summed E-state index contributed by atoms with van der Waals surface area (Å²) < 4.78 is 0. The first-order valence-electron chi connectivity index (χ1n) is 10.2. The maximum atomic E-state index is 13.0. The lowest BCUT2D eigenvalue weighted by Crippen LogP contribution is -2.39. The number of nitrogens with one attached hydrogen (secondary N) is 2. The van der Waals surface area contributed by atoms with E-state index in [2.05, 4.69) is 17.6 Å². The van der Waals surface area contributed by atoms with Gasteiger partial charge in [-0.2, -0.15) is 0 Å². The summed E-state index contributed by atoms with van der Waals surface area (Å²) in [6.45, 7) is 5.75. The molecule has 1 fully saturated rings. The molecule has 6 heteroatoms. The van der Waals surface area contributed by atoms with Gasteiger partial charge in [0.05, 0.1) is 11.3 Å². The fourth-order valence-electron chi connectivity index (χ4n) is 3.32. The summed E-state index contributed by atoms with van der Waals surface area (Å²) in [7, 11) is 0. The van der Waals surface area contributed by atoms with E-state index in [0.717, 1.165) is 37.1 Å². The molecular weight excluding hydrogens is 394 g/mol. The van der Waals surface area contributed by atoms with Gasteiger partial charge in [0.15, 0.2) is 5.11 Å². The minimum Gasteiger partial charge on any atom is -0.339 e. The molecule has 1 aliphatic heterocycles. The summed E-state index contributed by atoms with van der Waals surface area (Å²) in [5.41, 5.74) is 3.24. The van der Waals surface area contributed by atoms with Crippen molar-refractivity contribution in [2.75, 3.05) is 18.4 Å². The van der Waals surface area contributed by atoms with Crippen LogP contribution in [0.15, 0.2) is 54.6 Å². The Balaban J connectivity index is 1.60. The number of para-hydroxylation sites is 1. The molecule has 2 aromatic rings. The van der Waals surface area contributed by atoms with E-state index < -0.39 is 0 Å². The number of rotatable bonds is 4. The lowest BCUT2D eigenvalue weighted by Gasteiger charge is -2.30. The minimum atomic E-state index is -0.332. The first-order chi connectivity index (χ1) is 14.4. The van der Waals surface area contributed by atoms with Crippen LogP contribution in [0.25, 0.3) is 6.08 Å². The summed E-state index contributed by atoms with van der Waals surface area (Å²) in [6, 6.07) is 15.1. The molecule has 1 heterocycles. The second kappa shape index (κ2) is 10.2. The van der Waals surface area contributed by atoms with Crippen molar-refractivity contribution >= 4 is 40.9 Å². The van der Waals surface area contributed by atoms with E-state index in [0.29, 0.717) is 17.2 Å². The van der Waals surface area contributed by atoms with E-state index in [-0.39, 0.29) is 16.9 Å². The van der Waals surface area contributed by atoms with Gasteiger partial charge in [-0.25, -0.2) is 0 Å². The number of anilines is 1. The molecule has 2 aromatic carbocycles. The molecule has 0 radical (unpaired) electrons. The van der Waals surface area contributed by atoms with Crippen LogP contribution >= 0.6 is 12.2 Å². The number of hydrogen-bond donors (Lipinski definition) is 2. The van der Waals surface area contributed by atoms with Crippen LogP contribution in [0.3, 0.4) is 0 Å². The summed E-state index contributed by atoms with van der Waals surface area (Å²) in [5.74, 6) is 0.304. The summed E-state index contributed by atoms with van der Waals surface area (Å²) >= 11 is 5.28. The van der Waals surface area contributed by atoms with Crippen LogP contribution in [-0.4, -0.2) is 34.9 Å². The Bertz CT molecular complexity index is 945. The fraction of sp³-hybridized carbons (Fsp3) is 0.292. The van der Waals surface area contributed by atoms with Crippen molar-refractivity contribution < 1.29 is 9.59 Å². The van der Waals surface area contributed by atoms with Crippen LogP contribution in [0.4, 0.5) is 5.69 Å². The van der Waals surface area contributed by atoms with Gasteiger partial charge in [0.2, 0.25) is 5.91 Å². The van der Waals surface area contributed by atoms with E-state index in [4.69, 9.17) is 12.2 Å². The Morgan fingerprint density at radius 3 is 2.43 bits per heavy atom. The Hall–Kier alpha value is -2.99. The predicted octanol–water partition coefficient (Wildman–Crippen LogP) is 4.39. The van der Waals surface area contributed by atoms with E-state index in [1.54, 1.807) is 18.2 Å². The maximum absolute atomic E-state index is 13.0. The van der Waals surface area contributed by atoms with E-state index >= 15 is 0 Å². The summed E-state index contributed by atoms with van der Waals surface area (Å²) in [5, 5.41) is 5.78. The van der Waals surface area contributed by atoms with Crippen molar-refractivity contribution in [2.45, 2.75) is 26.7 Å². The summed E-state index contributed by atoms with van der Waals surface area (Å²) in [6.07, 6.45) is 5.20. The molecule has 2 N–H and O–H groups in total. The topological polar surface area (TPSA) is 61.4 Å². The zero-order valence-corrected chi connectivity index (χ0v) is 18.2. The molecule has 5 nitrogen and oxygen atoms in total. The molecule has 1 aliphatic rings. The smallest absolute Gasteiger partial charge is 0.255 e. The number of aryl methyl sites for hydroxylation is 1. The van der Waals surface area contributed by atoms with E-state index in [1.807, 2.05) is 48.2 Å². The molecule has 2 amide bonds. The third kappa shape index (κ3) is 6.00. The monoisotopic (exact) mass is 421 g/mol. The highest BCUT2D eigenvalue weighted by molar-refractivity contribution is 7.80. The highest BCUT2D eigenvalue weighted by atomic mass is 32.1. The van der Waals surface area contributed by atoms with Gasteiger partial charge < -0.3 is 10.2 Å². The molecule has 0 unspecified atom stereocenters. The molecule has 0 spiro atoms. The second-order valence-corrected chi connectivity index (χ2v) is 8.12. The zero-order chi connectivity index (χ0) is 21.5. The van der Waals surface area contributed by atoms with Crippen LogP contribution in [-0.2, 0) is 4.79 Å². The Morgan fingerprint density at radius 2 is 1.73 bits per heavy atom. The van der Waals surface area contributed by atoms with E-state index in [1.165, 1.54) is 6.08 Å².